The Hall–Kier alpha value is -4.20. The molecule has 0 saturated carbocycles. The Morgan fingerprint density at radius 1 is 0.938 bits per heavy atom. The van der Waals surface area contributed by atoms with Gasteiger partial charge < -0.3 is 29.3 Å². The maximum absolute atomic E-state index is 12.2. The smallest absolute Gasteiger partial charge is 0.253 e. The summed E-state index contributed by atoms with van der Waals surface area (Å²) in [5, 5.41) is 5.95. The van der Waals surface area contributed by atoms with Crippen molar-refractivity contribution in [3.63, 3.8) is 0 Å². The summed E-state index contributed by atoms with van der Waals surface area (Å²) in [5.74, 6) is 1.94. The zero-order chi connectivity index (χ0) is 22.7. The number of nitrogens with zero attached hydrogens (tertiary/aromatic N) is 1. The maximum atomic E-state index is 12.2. The number of hydrogen-bond donors (Lipinski definition) is 2. The minimum Gasteiger partial charge on any atom is -0.493 e. The van der Waals surface area contributed by atoms with E-state index in [0.717, 1.165) is 5.56 Å². The molecule has 0 radical (unpaired) electrons. The second-order valence-electron chi connectivity index (χ2n) is 6.85. The van der Waals surface area contributed by atoms with Crippen LogP contribution in [0.5, 0.6) is 17.2 Å². The van der Waals surface area contributed by atoms with E-state index in [9.17, 15) is 4.79 Å². The first-order valence-electron chi connectivity index (χ1n) is 9.86. The van der Waals surface area contributed by atoms with E-state index in [0.29, 0.717) is 51.0 Å². The highest BCUT2D eigenvalue weighted by atomic mass is 16.5. The van der Waals surface area contributed by atoms with Gasteiger partial charge in [0.2, 0.25) is 5.75 Å². The summed E-state index contributed by atoms with van der Waals surface area (Å²) in [4.78, 5) is 16.7. The van der Waals surface area contributed by atoms with Crippen LogP contribution in [0.1, 0.15) is 10.4 Å². The van der Waals surface area contributed by atoms with Gasteiger partial charge in [0.05, 0.1) is 38.3 Å². The van der Waals surface area contributed by atoms with E-state index < -0.39 is 0 Å². The lowest BCUT2D eigenvalue weighted by atomic mass is 10.1. The molecule has 0 aliphatic rings. The van der Waals surface area contributed by atoms with Gasteiger partial charge in [-0.15, -0.1) is 0 Å². The van der Waals surface area contributed by atoms with Crippen molar-refractivity contribution in [2.45, 2.75) is 0 Å². The van der Waals surface area contributed by atoms with Crippen molar-refractivity contribution < 1.29 is 23.4 Å². The zero-order valence-electron chi connectivity index (χ0n) is 18.2. The van der Waals surface area contributed by atoms with Crippen LogP contribution in [-0.2, 0) is 0 Å². The van der Waals surface area contributed by atoms with Crippen molar-refractivity contribution in [1.29, 1.82) is 0 Å². The van der Waals surface area contributed by atoms with Crippen molar-refractivity contribution >= 4 is 28.4 Å². The summed E-state index contributed by atoms with van der Waals surface area (Å²) < 4.78 is 22.5. The number of rotatable bonds is 7. The number of hydrogen-bond acceptors (Lipinski definition) is 7. The number of anilines is 2. The molecular weight excluding hydrogens is 410 g/mol. The molecule has 8 nitrogen and oxygen atoms in total. The average Bonchev–Trinajstić information content (AvgIpc) is 3.28. The standard InChI is InChI=1S/C24H23N3O5/c1-25-24(28)15-7-5-6-8-16(15)27-17-9-10-26-18-13-19(32-22(17)18)14-11-20(29-2)23(31-4)21(12-14)30-3/h5-13H,1-4H3,(H,25,28)(H,26,27). The van der Waals surface area contributed by atoms with Crippen LogP contribution in [0.3, 0.4) is 0 Å². The molecule has 0 unspecified atom stereocenters. The molecule has 4 rings (SSSR count). The summed E-state index contributed by atoms with van der Waals surface area (Å²) >= 11 is 0. The van der Waals surface area contributed by atoms with Crippen LogP contribution in [0.25, 0.3) is 22.4 Å². The minimum absolute atomic E-state index is 0.184. The number of aromatic nitrogens is 1. The molecule has 0 aliphatic carbocycles. The summed E-state index contributed by atoms with van der Waals surface area (Å²) in [6.45, 7) is 0. The van der Waals surface area contributed by atoms with Crippen LogP contribution in [0.4, 0.5) is 11.4 Å². The molecule has 0 fully saturated rings. The molecule has 4 aromatic rings. The molecule has 0 bridgehead atoms. The molecular formula is C24H23N3O5. The molecule has 1 amide bonds. The van der Waals surface area contributed by atoms with E-state index >= 15 is 0 Å². The predicted molar refractivity (Wildman–Crippen MR) is 122 cm³/mol. The maximum Gasteiger partial charge on any atom is 0.253 e. The summed E-state index contributed by atoms with van der Waals surface area (Å²) in [6, 6.07) is 14.5. The molecule has 8 heteroatoms. The fourth-order valence-corrected chi connectivity index (χ4v) is 3.47. The van der Waals surface area contributed by atoms with Crippen molar-refractivity contribution in [2.75, 3.05) is 33.7 Å². The van der Waals surface area contributed by atoms with Gasteiger partial charge >= 0.3 is 0 Å². The molecule has 0 saturated heterocycles. The van der Waals surface area contributed by atoms with Gasteiger partial charge in [0.15, 0.2) is 17.1 Å². The summed E-state index contributed by atoms with van der Waals surface area (Å²) in [6.07, 6.45) is 1.68. The fraction of sp³-hybridized carbons (Fsp3) is 0.167. The summed E-state index contributed by atoms with van der Waals surface area (Å²) in [7, 11) is 6.28. The lowest BCUT2D eigenvalue weighted by Crippen LogP contribution is -2.19. The van der Waals surface area contributed by atoms with Gasteiger partial charge in [-0.2, -0.15) is 0 Å². The first-order valence-corrected chi connectivity index (χ1v) is 9.86. The summed E-state index contributed by atoms with van der Waals surface area (Å²) in [5.41, 5.74) is 3.83. The average molecular weight is 433 g/mol. The number of carbonyl (C=O) groups excluding carboxylic acids is 1. The SMILES string of the molecule is CNC(=O)c1ccccc1Nc1ccnc2cc(-c3cc(OC)c(OC)c(OC)c3)oc12. The van der Waals surface area contributed by atoms with Crippen LogP contribution >= 0.6 is 0 Å². The van der Waals surface area contributed by atoms with Crippen molar-refractivity contribution in [2.24, 2.45) is 0 Å². The van der Waals surface area contributed by atoms with Crippen LogP contribution < -0.4 is 24.8 Å². The van der Waals surface area contributed by atoms with Crippen LogP contribution in [0.2, 0.25) is 0 Å². The minimum atomic E-state index is -0.184. The Kier molecular flexibility index (Phi) is 5.85. The number of methoxy groups -OCH3 is 3. The van der Waals surface area contributed by atoms with Crippen molar-refractivity contribution in [3.05, 3.63) is 60.3 Å². The first kappa shape index (κ1) is 21.0. The number of nitrogens with one attached hydrogen (secondary N) is 2. The largest absolute Gasteiger partial charge is 0.493 e. The molecule has 0 atom stereocenters. The molecule has 32 heavy (non-hydrogen) atoms. The highest BCUT2D eigenvalue weighted by Gasteiger charge is 2.18. The Morgan fingerprint density at radius 3 is 2.31 bits per heavy atom. The fourth-order valence-electron chi connectivity index (χ4n) is 3.47. The predicted octanol–water partition coefficient (Wildman–Crippen LogP) is 4.62. The number of benzene rings is 2. The number of para-hydroxylation sites is 1. The monoisotopic (exact) mass is 433 g/mol. The van der Waals surface area contributed by atoms with Gasteiger partial charge in [-0.05, 0) is 30.3 Å². The third-order valence-corrected chi connectivity index (χ3v) is 5.03. The zero-order valence-corrected chi connectivity index (χ0v) is 18.2. The van der Waals surface area contributed by atoms with Crippen molar-refractivity contribution in [3.8, 4) is 28.6 Å². The van der Waals surface area contributed by atoms with E-state index in [2.05, 4.69) is 15.6 Å². The number of furan rings is 1. The van der Waals surface area contributed by atoms with Gasteiger partial charge in [0.1, 0.15) is 11.3 Å². The lowest BCUT2D eigenvalue weighted by molar-refractivity contribution is 0.0964. The number of ether oxygens (including phenoxy) is 3. The van der Waals surface area contributed by atoms with E-state index in [-0.39, 0.29) is 5.91 Å². The molecule has 2 aromatic heterocycles. The molecule has 2 N–H and O–H groups in total. The van der Waals surface area contributed by atoms with Gasteiger partial charge in [-0.1, -0.05) is 12.1 Å². The van der Waals surface area contributed by atoms with E-state index in [1.165, 1.54) is 0 Å². The van der Waals surface area contributed by atoms with Gasteiger partial charge in [-0.3, -0.25) is 9.78 Å². The van der Waals surface area contributed by atoms with E-state index in [4.69, 9.17) is 18.6 Å². The topological polar surface area (TPSA) is 94.9 Å². The van der Waals surface area contributed by atoms with E-state index in [1.54, 1.807) is 46.7 Å². The number of carbonyl (C=O) groups is 1. The third kappa shape index (κ3) is 3.78. The lowest BCUT2D eigenvalue weighted by Gasteiger charge is -2.13. The van der Waals surface area contributed by atoms with Gasteiger partial charge in [0.25, 0.3) is 5.91 Å². The van der Waals surface area contributed by atoms with E-state index in [1.807, 2.05) is 36.4 Å². The quantitative estimate of drug-likeness (QED) is 0.439. The van der Waals surface area contributed by atoms with Gasteiger partial charge in [-0.25, -0.2) is 0 Å². The Morgan fingerprint density at radius 2 is 1.66 bits per heavy atom. The molecule has 2 aromatic carbocycles. The number of pyridine rings is 1. The van der Waals surface area contributed by atoms with Crippen LogP contribution in [0.15, 0.2) is 59.1 Å². The second-order valence-corrected chi connectivity index (χ2v) is 6.85. The third-order valence-electron chi connectivity index (χ3n) is 5.03. The van der Waals surface area contributed by atoms with Gasteiger partial charge in [0, 0.05) is 24.9 Å². The second kappa shape index (κ2) is 8.89. The Bertz CT molecular complexity index is 1260. The normalized spacial score (nSPS) is 10.6. The molecule has 0 spiro atoms. The molecule has 2 heterocycles. The van der Waals surface area contributed by atoms with Crippen molar-refractivity contribution in [1.82, 2.24) is 10.3 Å². The Labute approximate surface area is 185 Å². The Balaban J connectivity index is 1.78. The molecule has 164 valence electrons. The first-order chi connectivity index (χ1) is 15.6. The highest BCUT2D eigenvalue weighted by Crippen LogP contribution is 2.42. The molecule has 0 aliphatic heterocycles. The highest BCUT2D eigenvalue weighted by molar-refractivity contribution is 6.01. The number of fused-ring (bicyclic) bond motifs is 1. The van der Waals surface area contributed by atoms with Crippen LogP contribution in [-0.4, -0.2) is 39.3 Å². The number of amides is 1. The van der Waals surface area contributed by atoms with Crippen LogP contribution in [0, 0.1) is 0 Å².